The molecule has 1 aromatic heterocycles. The summed E-state index contributed by atoms with van der Waals surface area (Å²) in [5.74, 6) is 1.26. The van der Waals surface area contributed by atoms with Crippen LogP contribution < -0.4 is 10.9 Å². The Balaban J connectivity index is 1.22. The summed E-state index contributed by atoms with van der Waals surface area (Å²) in [5.41, 5.74) is 3.10. The van der Waals surface area contributed by atoms with Crippen LogP contribution in [0.2, 0.25) is 5.02 Å². The summed E-state index contributed by atoms with van der Waals surface area (Å²) < 4.78 is 1.86. The van der Waals surface area contributed by atoms with Gasteiger partial charge in [0.1, 0.15) is 0 Å². The number of rotatable bonds is 9. The summed E-state index contributed by atoms with van der Waals surface area (Å²) in [5, 5.41) is 5.22. The van der Waals surface area contributed by atoms with E-state index in [1.807, 2.05) is 71.3 Å². The number of carbonyl (C=O) groups is 1. The van der Waals surface area contributed by atoms with E-state index < -0.39 is 0 Å². The van der Waals surface area contributed by atoms with Crippen LogP contribution in [0, 0.1) is 11.8 Å². The third kappa shape index (κ3) is 6.66. The standard InChI is InChI=1S/C31H32ClN3O2S/c32-26-16-12-24(13-17-26)21-38-31-34-28-9-5-4-8-27(28)30(37)35(31)20-23-10-14-25(15-11-23)29(36)33-19-18-22-6-2-1-3-7-22/h1-9,12-13,16-17,23,25H,10-11,14-15,18-21H2,(H,33,36). The van der Waals surface area contributed by atoms with Gasteiger partial charge in [-0.05, 0) is 73.4 Å². The Kier molecular flexibility index (Phi) is 8.82. The Hall–Kier alpha value is -3.09. The molecule has 1 N–H and O–H groups in total. The van der Waals surface area contributed by atoms with E-state index >= 15 is 0 Å². The predicted molar refractivity (Wildman–Crippen MR) is 156 cm³/mol. The molecule has 1 aliphatic carbocycles. The van der Waals surface area contributed by atoms with E-state index in [2.05, 4.69) is 17.4 Å². The molecule has 0 saturated heterocycles. The van der Waals surface area contributed by atoms with E-state index in [1.165, 1.54) is 5.56 Å². The van der Waals surface area contributed by atoms with E-state index in [1.54, 1.807) is 11.8 Å². The first-order valence-corrected chi connectivity index (χ1v) is 14.6. The van der Waals surface area contributed by atoms with Crippen molar-refractivity contribution >= 4 is 40.2 Å². The first-order valence-electron chi connectivity index (χ1n) is 13.3. The van der Waals surface area contributed by atoms with Crippen molar-refractivity contribution in [3.63, 3.8) is 0 Å². The van der Waals surface area contributed by atoms with Crippen molar-refractivity contribution in [2.45, 2.75) is 49.6 Å². The van der Waals surface area contributed by atoms with Crippen LogP contribution in [0.15, 0.2) is 88.8 Å². The number of nitrogens with one attached hydrogen (secondary N) is 1. The lowest BCUT2D eigenvalue weighted by molar-refractivity contribution is -0.126. The van der Waals surface area contributed by atoms with Crippen molar-refractivity contribution < 1.29 is 4.79 Å². The lowest BCUT2D eigenvalue weighted by Crippen LogP contribution is -2.35. The Morgan fingerprint density at radius 3 is 2.39 bits per heavy atom. The van der Waals surface area contributed by atoms with Crippen LogP contribution in [0.3, 0.4) is 0 Å². The second kappa shape index (κ2) is 12.6. The van der Waals surface area contributed by atoms with E-state index in [-0.39, 0.29) is 17.4 Å². The smallest absolute Gasteiger partial charge is 0.262 e. The monoisotopic (exact) mass is 545 g/mol. The highest BCUT2D eigenvalue weighted by Crippen LogP contribution is 2.31. The van der Waals surface area contributed by atoms with Gasteiger partial charge in [0, 0.05) is 29.8 Å². The number of benzene rings is 3. The zero-order chi connectivity index (χ0) is 26.3. The SMILES string of the molecule is O=C(NCCc1ccccc1)C1CCC(Cn2c(SCc3ccc(Cl)cc3)nc3ccccc3c2=O)CC1. The molecule has 0 radical (unpaired) electrons. The molecular weight excluding hydrogens is 514 g/mol. The second-order valence-electron chi connectivity index (χ2n) is 9.99. The van der Waals surface area contributed by atoms with Gasteiger partial charge in [-0.2, -0.15) is 0 Å². The van der Waals surface area contributed by atoms with Gasteiger partial charge in [-0.15, -0.1) is 0 Å². The third-order valence-electron chi connectivity index (χ3n) is 7.32. The molecule has 1 amide bonds. The fourth-order valence-electron chi connectivity index (χ4n) is 5.13. The van der Waals surface area contributed by atoms with Gasteiger partial charge in [-0.3, -0.25) is 14.2 Å². The summed E-state index contributed by atoms with van der Waals surface area (Å²) in [7, 11) is 0. The van der Waals surface area contributed by atoms with E-state index in [0.717, 1.165) is 48.3 Å². The van der Waals surface area contributed by atoms with Crippen molar-refractivity contribution in [1.82, 2.24) is 14.9 Å². The quantitative estimate of drug-likeness (QED) is 0.192. The van der Waals surface area contributed by atoms with E-state index in [4.69, 9.17) is 16.6 Å². The van der Waals surface area contributed by atoms with Crippen molar-refractivity contribution in [2.24, 2.45) is 11.8 Å². The highest BCUT2D eigenvalue weighted by atomic mass is 35.5. The van der Waals surface area contributed by atoms with Crippen LogP contribution in [0.25, 0.3) is 10.9 Å². The molecule has 1 aliphatic rings. The number of thioether (sulfide) groups is 1. The molecule has 1 heterocycles. The molecule has 1 saturated carbocycles. The summed E-state index contributed by atoms with van der Waals surface area (Å²) in [4.78, 5) is 31.1. The summed E-state index contributed by atoms with van der Waals surface area (Å²) in [6, 6.07) is 25.6. The van der Waals surface area contributed by atoms with E-state index in [0.29, 0.717) is 35.2 Å². The zero-order valence-electron chi connectivity index (χ0n) is 21.3. The van der Waals surface area contributed by atoms with Gasteiger partial charge in [-0.25, -0.2) is 4.98 Å². The van der Waals surface area contributed by atoms with Gasteiger partial charge in [-0.1, -0.05) is 78.0 Å². The molecule has 196 valence electrons. The Bertz CT molecular complexity index is 1430. The first-order chi connectivity index (χ1) is 18.6. The third-order valence-corrected chi connectivity index (χ3v) is 8.62. The lowest BCUT2D eigenvalue weighted by Gasteiger charge is -2.28. The topological polar surface area (TPSA) is 64.0 Å². The van der Waals surface area contributed by atoms with Crippen molar-refractivity contribution in [2.75, 3.05) is 6.54 Å². The van der Waals surface area contributed by atoms with Crippen LogP contribution in [0.5, 0.6) is 0 Å². The zero-order valence-corrected chi connectivity index (χ0v) is 22.9. The van der Waals surface area contributed by atoms with Crippen LogP contribution in [0.4, 0.5) is 0 Å². The number of para-hydroxylation sites is 1. The largest absolute Gasteiger partial charge is 0.356 e. The van der Waals surface area contributed by atoms with Crippen molar-refractivity contribution in [3.05, 3.63) is 105 Å². The first kappa shape index (κ1) is 26.5. The van der Waals surface area contributed by atoms with Gasteiger partial charge < -0.3 is 5.32 Å². The molecule has 38 heavy (non-hydrogen) atoms. The molecule has 7 heteroatoms. The minimum Gasteiger partial charge on any atom is -0.356 e. The van der Waals surface area contributed by atoms with E-state index in [9.17, 15) is 9.59 Å². The lowest BCUT2D eigenvalue weighted by atomic mass is 9.81. The Morgan fingerprint density at radius 2 is 1.63 bits per heavy atom. The maximum atomic E-state index is 13.5. The molecule has 5 nitrogen and oxygen atoms in total. The molecule has 0 atom stereocenters. The number of amides is 1. The fraction of sp³-hybridized carbons (Fsp3) is 0.323. The molecule has 4 aromatic rings. The summed E-state index contributed by atoms with van der Waals surface area (Å²) >= 11 is 7.62. The Labute approximate surface area is 232 Å². The maximum Gasteiger partial charge on any atom is 0.262 e. The normalized spacial score (nSPS) is 17.4. The highest BCUT2D eigenvalue weighted by molar-refractivity contribution is 7.98. The molecule has 0 unspecified atom stereocenters. The molecule has 0 spiro atoms. The number of carbonyl (C=O) groups excluding carboxylic acids is 1. The van der Waals surface area contributed by atoms with Gasteiger partial charge in [0.25, 0.3) is 5.56 Å². The van der Waals surface area contributed by atoms with Crippen LogP contribution in [0.1, 0.15) is 36.8 Å². The second-order valence-corrected chi connectivity index (χ2v) is 11.4. The fourth-order valence-corrected chi connectivity index (χ4v) is 6.22. The number of hydrogen-bond acceptors (Lipinski definition) is 4. The highest BCUT2D eigenvalue weighted by Gasteiger charge is 2.27. The summed E-state index contributed by atoms with van der Waals surface area (Å²) in [6.07, 6.45) is 4.40. The van der Waals surface area contributed by atoms with Crippen LogP contribution >= 0.6 is 23.4 Å². The molecule has 0 aliphatic heterocycles. The molecular formula is C31H32ClN3O2S. The average Bonchev–Trinajstić information content (AvgIpc) is 2.95. The van der Waals surface area contributed by atoms with Crippen LogP contribution in [-0.2, 0) is 23.5 Å². The van der Waals surface area contributed by atoms with Gasteiger partial charge in [0.05, 0.1) is 10.9 Å². The molecule has 5 rings (SSSR count). The maximum absolute atomic E-state index is 13.5. The van der Waals surface area contributed by atoms with Crippen molar-refractivity contribution in [1.29, 1.82) is 0 Å². The molecule has 3 aromatic carbocycles. The van der Waals surface area contributed by atoms with Crippen LogP contribution in [-0.4, -0.2) is 22.0 Å². The van der Waals surface area contributed by atoms with Gasteiger partial charge in [0.15, 0.2) is 5.16 Å². The van der Waals surface area contributed by atoms with Gasteiger partial charge in [0.2, 0.25) is 5.91 Å². The number of halogens is 1. The number of aromatic nitrogens is 2. The minimum absolute atomic E-state index is 0.00925. The molecule has 1 fully saturated rings. The average molecular weight is 546 g/mol. The van der Waals surface area contributed by atoms with Gasteiger partial charge >= 0.3 is 0 Å². The minimum atomic E-state index is 0.00925. The Morgan fingerprint density at radius 1 is 0.921 bits per heavy atom. The number of nitrogens with zero attached hydrogens (tertiary/aromatic N) is 2. The number of fused-ring (bicyclic) bond motifs is 1. The predicted octanol–water partition coefficient (Wildman–Crippen LogP) is 6.51. The number of hydrogen-bond donors (Lipinski definition) is 1. The van der Waals surface area contributed by atoms with Crippen molar-refractivity contribution in [3.8, 4) is 0 Å². The molecule has 0 bridgehead atoms. The summed E-state index contributed by atoms with van der Waals surface area (Å²) in [6.45, 7) is 1.29.